The van der Waals surface area contributed by atoms with Crippen LogP contribution in [0.2, 0.25) is 0 Å². The Morgan fingerprint density at radius 1 is 1.23 bits per heavy atom. The summed E-state index contributed by atoms with van der Waals surface area (Å²) in [5.41, 5.74) is 3.75. The lowest BCUT2D eigenvalue weighted by molar-refractivity contribution is -0.173. The molecule has 0 radical (unpaired) electrons. The molecule has 1 aliphatic heterocycles. The molecule has 31 heavy (non-hydrogen) atoms. The number of fused-ring (bicyclic) bond motifs is 1. The zero-order valence-electron chi connectivity index (χ0n) is 17.9. The molecule has 1 heterocycles. The molecule has 0 saturated carbocycles. The Bertz CT molecular complexity index is 894. The quantitative estimate of drug-likeness (QED) is 0.620. The van der Waals surface area contributed by atoms with E-state index in [1.54, 1.807) is 20.8 Å². The largest absolute Gasteiger partial charge is 0.461 e. The molecule has 0 saturated heterocycles. The number of amides is 2. The van der Waals surface area contributed by atoms with Crippen LogP contribution in [0.25, 0.3) is 0 Å². The highest BCUT2D eigenvalue weighted by Crippen LogP contribution is 2.38. The summed E-state index contributed by atoms with van der Waals surface area (Å²) in [6, 6.07) is 2.50. The summed E-state index contributed by atoms with van der Waals surface area (Å²) in [7, 11) is 0. The molecule has 2 N–H and O–H groups in total. The number of halogens is 2. The van der Waals surface area contributed by atoms with Crippen molar-refractivity contribution < 1.29 is 37.4 Å². The van der Waals surface area contributed by atoms with Crippen LogP contribution in [0.4, 0.5) is 8.78 Å². The molecule has 170 valence electrons. The second-order valence-electron chi connectivity index (χ2n) is 8.11. The average Bonchev–Trinajstić information content (AvgIpc) is 2.97. The molecule has 2 rings (SSSR count). The lowest BCUT2D eigenvalue weighted by Gasteiger charge is -2.26. The third-order valence-corrected chi connectivity index (χ3v) is 4.58. The predicted molar refractivity (Wildman–Crippen MR) is 105 cm³/mol. The van der Waals surface area contributed by atoms with Gasteiger partial charge in [0.15, 0.2) is 0 Å². The fraction of sp³-hybridized carbons (Fsp3) is 0.524. The smallest absolute Gasteiger partial charge is 0.382 e. The van der Waals surface area contributed by atoms with Crippen LogP contribution >= 0.6 is 0 Å². The van der Waals surface area contributed by atoms with Crippen molar-refractivity contribution in [2.75, 3.05) is 6.61 Å². The van der Waals surface area contributed by atoms with Crippen molar-refractivity contribution in [3.05, 3.63) is 34.9 Å². The Morgan fingerprint density at radius 2 is 1.87 bits per heavy atom. The molecule has 2 amide bonds. The molecular formula is C21H26F2N2O6. The molecule has 10 heteroatoms. The van der Waals surface area contributed by atoms with Crippen molar-refractivity contribution in [2.45, 2.75) is 64.6 Å². The highest BCUT2D eigenvalue weighted by atomic mass is 19.3. The first kappa shape index (κ1) is 24.2. The van der Waals surface area contributed by atoms with E-state index < -0.39 is 46.9 Å². The Kier molecular flexibility index (Phi) is 7.03. The summed E-state index contributed by atoms with van der Waals surface area (Å²) in [4.78, 5) is 49.8. The topological polar surface area (TPSA) is 116 Å². The summed E-state index contributed by atoms with van der Waals surface area (Å²) in [5.74, 6) is -8.17. The number of hydrogen-bond acceptors (Lipinski definition) is 6. The van der Waals surface area contributed by atoms with Crippen LogP contribution in [0, 0.1) is 0 Å². The van der Waals surface area contributed by atoms with E-state index in [9.17, 15) is 28.0 Å². The second kappa shape index (κ2) is 8.99. The maximum absolute atomic E-state index is 14.7. The molecule has 1 atom stereocenters. The highest BCUT2D eigenvalue weighted by molar-refractivity contribution is 6.03. The molecule has 0 aromatic heterocycles. The van der Waals surface area contributed by atoms with Crippen LogP contribution in [-0.4, -0.2) is 46.9 Å². The first-order valence-electron chi connectivity index (χ1n) is 9.79. The van der Waals surface area contributed by atoms with E-state index in [0.717, 1.165) is 11.0 Å². The first-order chi connectivity index (χ1) is 14.3. The van der Waals surface area contributed by atoms with Crippen molar-refractivity contribution in [2.24, 2.45) is 5.73 Å². The van der Waals surface area contributed by atoms with E-state index in [1.807, 2.05) is 0 Å². The summed E-state index contributed by atoms with van der Waals surface area (Å²) >= 11 is 0. The summed E-state index contributed by atoms with van der Waals surface area (Å²) in [6.07, 6.45) is -0.329. The molecule has 0 spiro atoms. The van der Waals surface area contributed by atoms with Gasteiger partial charge in [0.05, 0.1) is 12.2 Å². The van der Waals surface area contributed by atoms with Gasteiger partial charge in [0.25, 0.3) is 5.91 Å². The lowest BCUT2D eigenvalue weighted by atomic mass is 9.98. The summed E-state index contributed by atoms with van der Waals surface area (Å²) in [5, 5.41) is 0. The number of rotatable bonds is 8. The van der Waals surface area contributed by atoms with Gasteiger partial charge in [-0.2, -0.15) is 8.78 Å². The number of alkyl halides is 2. The van der Waals surface area contributed by atoms with Crippen LogP contribution < -0.4 is 5.73 Å². The Morgan fingerprint density at radius 3 is 2.42 bits per heavy atom. The average molecular weight is 440 g/mol. The standard InChI is InChI=1S/C21H26F2N2O6/c1-5-30-19(29)21(22,23)13-8-6-7-12-11-25(18(28)16(12)13)14(17(24)27)9-10-15(26)31-20(2,3)4/h6-8,14H,5,9-11H2,1-4H3,(H2,24,27)/t14-/m1/s1. The number of carbonyl (C=O) groups is 4. The number of benzene rings is 1. The van der Waals surface area contributed by atoms with E-state index in [-0.39, 0.29) is 37.1 Å². The third kappa shape index (κ3) is 5.36. The number of hydrogen-bond donors (Lipinski definition) is 1. The minimum atomic E-state index is -4.05. The molecule has 1 aliphatic rings. The van der Waals surface area contributed by atoms with Crippen LogP contribution in [0.15, 0.2) is 18.2 Å². The fourth-order valence-corrected chi connectivity index (χ4v) is 3.33. The van der Waals surface area contributed by atoms with Gasteiger partial charge in [0.1, 0.15) is 11.6 Å². The maximum Gasteiger partial charge on any atom is 0.382 e. The Balaban J connectivity index is 2.29. The van der Waals surface area contributed by atoms with Crippen LogP contribution in [-0.2, 0) is 36.3 Å². The van der Waals surface area contributed by atoms with Gasteiger partial charge in [-0.15, -0.1) is 0 Å². The molecule has 1 aromatic rings. The van der Waals surface area contributed by atoms with Gasteiger partial charge in [0, 0.05) is 18.5 Å². The van der Waals surface area contributed by atoms with E-state index in [2.05, 4.69) is 4.74 Å². The highest BCUT2D eigenvalue weighted by Gasteiger charge is 2.48. The van der Waals surface area contributed by atoms with E-state index >= 15 is 0 Å². The fourth-order valence-electron chi connectivity index (χ4n) is 3.33. The molecule has 0 unspecified atom stereocenters. The Labute approximate surface area is 178 Å². The van der Waals surface area contributed by atoms with Crippen molar-refractivity contribution in [3.8, 4) is 0 Å². The van der Waals surface area contributed by atoms with Crippen LogP contribution in [0.3, 0.4) is 0 Å². The number of carbonyl (C=O) groups excluding carboxylic acids is 4. The summed E-state index contributed by atoms with van der Waals surface area (Å²) < 4.78 is 39.0. The maximum atomic E-state index is 14.7. The van der Waals surface area contributed by atoms with Gasteiger partial charge in [-0.3, -0.25) is 14.4 Å². The number of primary amides is 1. The number of nitrogens with zero attached hydrogens (tertiary/aromatic N) is 1. The van der Waals surface area contributed by atoms with E-state index in [1.165, 1.54) is 19.1 Å². The molecular weight excluding hydrogens is 414 g/mol. The van der Waals surface area contributed by atoms with Gasteiger partial charge < -0.3 is 20.1 Å². The van der Waals surface area contributed by atoms with Crippen molar-refractivity contribution in [3.63, 3.8) is 0 Å². The van der Waals surface area contributed by atoms with Crippen LogP contribution in [0.1, 0.15) is 62.0 Å². The lowest BCUT2D eigenvalue weighted by Crippen LogP contribution is -2.45. The van der Waals surface area contributed by atoms with Crippen LogP contribution in [0.5, 0.6) is 0 Å². The summed E-state index contributed by atoms with van der Waals surface area (Å²) in [6.45, 7) is 6.02. The van der Waals surface area contributed by atoms with E-state index in [4.69, 9.17) is 10.5 Å². The third-order valence-electron chi connectivity index (χ3n) is 4.58. The van der Waals surface area contributed by atoms with Gasteiger partial charge >= 0.3 is 17.9 Å². The van der Waals surface area contributed by atoms with Crippen molar-refractivity contribution in [1.82, 2.24) is 4.90 Å². The minimum Gasteiger partial charge on any atom is -0.461 e. The van der Waals surface area contributed by atoms with E-state index in [0.29, 0.717) is 0 Å². The normalized spacial score (nSPS) is 14.8. The molecule has 8 nitrogen and oxygen atoms in total. The first-order valence-corrected chi connectivity index (χ1v) is 9.79. The zero-order valence-corrected chi connectivity index (χ0v) is 17.9. The predicted octanol–water partition coefficient (Wildman–Crippen LogP) is 2.27. The molecule has 0 fully saturated rings. The van der Waals surface area contributed by atoms with Gasteiger partial charge in [-0.1, -0.05) is 18.2 Å². The van der Waals surface area contributed by atoms with Crippen molar-refractivity contribution >= 4 is 23.8 Å². The second-order valence-corrected chi connectivity index (χ2v) is 8.11. The number of ether oxygens (including phenoxy) is 2. The molecule has 0 aliphatic carbocycles. The molecule has 1 aromatic carbocycles. The molecule has 0 bridgehead atoms. The Hall–Kier alpha value is -3.04. The van der Waals surface area contributed by atoms with Gasteiger partial charge in [-0.05, 0) is 39.7 Å². The van der Waals surface area contributed by atoms with Gasteiger partial charge in [-0.25, -0.2) is 4.79 Å². The van der Waals surface area contributed by atoms with Gasteiger partial charge in [0.2, 0.25) is 5.91 Å². The van der Waals surface area contributed by atoms with Crippen molar-refractivity contribution in [1.29, 1.82) is 0 Å². The number of nitrogens with two attached hydrogens (primary N) is 1. The minimum absolute atomic E-state index is 0.131. The number of esters is 2. The monoisotopic (exact) mass is 440 g/mol. The SMILES string of the molecule is CCOC(=O)C(F)(F)c1cccc2c1C(=O)N([C@H](CCC(=O)OC(C)(C)C)C(N)=O)C2. The zero-order chi connectivity index (χ0) is 23.6.